The van der Waals surface area contributed by atoms with Crippen LogP contribution in [0.5, 0.6) is 0 Å². The van der Waals surface area contributed by atoms with Crippen molar-refractivity contribution in [2.24, 2.45) is 5.92 Å². The van der Waals surface area contributed by atoms with E-state index in [1.165, 1.54) is 0 Å². The van der Waals surface area contributed by atoms with Crippen molar-refractivity contribution in [1.29, 1.82) is 0 Å². The summed E-state index contributed by atoms with van der Waals surface area (Å²) in [5.74, 6) is -0.883. The van der Waals surface area contributed by atoms with Crippen molar-refractivity contribution in [2.75, 3.05) is 26.3 Å². The van der Waals surface area contributed by atoms with E-state index >= 15 is 0 Å². The quantitative estimate of drug-likeness (QED) is 0.759. The summed E-state index contributed by atoms with van der Waals surface area (Å²) in [6.07, 6.45) is 2.18. The maximum Gasteiger partial charge on any atom is 0.303 e. The first-order valence-electron chi connectivity index (χ1n) is 6.23. The van der Waals surface area contributed by atoms with Crippen molar-refractivity contribution in [3.63, 3.8) is 0 Å². The molecule has 1 aliphatic rings. The molecule has 1 heterocycles. The van der Waals surface area contributed by atoms with Gasteiger partial charge < -0.3 is 14.7 Å². The number of carbonyl (C=O) groups is 2. The largest absolute Gasteiger partial charge is 0.481 e. The Morgan fingerprint density at radius 3 is 2.47 bits per heavy atom. The van der Waals surface area contributed by atoms with Gasteiger partial charge in [-0.25, -0.2) is 0 Å². The first-order valence-corrected chi connectivity index (χ1v) is 6.23. The lowest BCUT2D eigenvalue weighted by atomic mass is 9.96. The van der Waals surface area contributed by atoms with E-state index in [0.717, 1.165) is 12.8 Å². The number of carboxylic acid groups (broad SMARTS) is 1. The maximum atomic E-state index is 12.2. The molecule has 0 spiro atoms. The molecule has 0 aliphatic carbocycles. The van der Waals surface area contributed by atoms with Crippen LogP contribution in [0.2, 0.25) is 0 Å². The van der Waals surface area contributed by atoms with E-state index in [1.807, 2.05) is 6.92 Å². The van der Waals surface area contributed by atoms with Gasteiger partial charge in [0.1, 0.15) is 0 Å². The molecule has 17 heavy (non-hydrogen) atoms. The van der Waals surface area contributed by atoms with Crippen LogP contribution in [0.4, 0.5) is 0 Å². The maximum absolute atomic E-state index is 12.2. The van der Waals surface area contributed by atoms with Gasteiger partial charge in [0.05, 0.1) is 13.2 Å². The zero-order valence-corrected chi connectivity index (χ0v) is 10.4. The number of nitrogens with zero attached hydrogens (tertiary/aromatic N) is 1. The van der Waals surface area contributed by atoms with E-state index in [2.05, 4.69) is 0 Å². The minimum absolute atomic E-state index is 0.0702. The first-order chi connectivity index (χ1) is 8.15. The predicted molar refractivity (Wildman–Crippen MR) is 62.7 cm³/mol. The molecule has 0 aromatic rings. The molecule has 0 bridgehead atoms. The molecule has 0 aromatic carbocycles. The summed E-state index contributed by atoms with van der Waals surface area (Å²) in [6, 6.07) is 0. The lowest BCUT2D eigenvalue weighted by Crippen LogP contribution is -2.43. The molecular formula is C12H21NO4. The third-order valence-corrected chi connectivity index (χ3v) is 3.02. The van der Waals surface area contributed by atoms with Crippen LogP contribution in [0.25, 0.3) is 0 Å². The molecule has 0 aromatic heterocycles. The molecule has 1 N–H and O–H groups in total. The van der Waals surface area contributed by atoms with Gasteiger partial charge in [-0.15, -0.1) is 0 Å². The van der Waals surface area contributed by atoms with E-state index < -0.39 is 5.97 Å². The molecule has 5 heteroatoms. The van der Waals surface area contributed by atoms with Crippen LogP contribution in [0.3, 0.4) is 0 Å². The predicted octanol–water partition coefficient (Wildman–Crippen LogP) is 1.13. The monoisotopic (exact) mass is 243 g/mol. The highest BCUT2D eigenvalue weighted by Gasteiger charge is 2.25. The van der Waals surface area contributed by atoms with Crippen LogP contribution < -0.4 is 0 Å². The number of ether oxygens (including phenoxy) is 1. The number of carboxylic acids is 1. The molecule has 0 radical (unpaired) electrons. The van der Waals surface area contributed by atoms with Gasteiger partial charge in [-0.2, -0.15) is 0 Å². The molecule has 0 saturated carbocycles. The summed E-state index contributed by atoms with van der Waals surface area (Å²) < 4.78 is 5.20. The molecule has 1 rings (SSSR count). The zero-order valence-electron chi connectivity index (χ0n) is 10.4. The second-order valence-corrected chi connectivity index (χ2v) is 4.36. The van der Waals surface area contributed by atoms with Gasteiger partial charge in [0.25, 0.3) is 0 Å². The Hall–Kier alpha value is -1.10. The smallest absolute Gasteiger partial charge is 0.303 e. The molecule has 1 unspecified atom stereocenters. The molecule has 1 atom stereocenters. The van der Waals surface area contributed by atoms with Crippen molar-refractivity contribution >= 4 is 11.9 Å². The van der Waals surface area contributed by atoms with Crippen LogP contribution in [-0.2, 0) is 14.3 Å². The number of hydrogen-bond donors (Lipinski definition) is 1. The van der Waals surface area contributed by atoms with E-state index in [4.69, 9.17) is 9.84 Å². The van der Waals surface area contributed by atoms with Crippen molar-refractivity contribution < 1.29 is 19.4 Å². The summed E-state index contributed by atoms with van der Waals surface area (Å²) in [5, 5.41) is 8.68. The van der Waals surface area contributed by atoms with Crippen molar-refractivity contribution in [2.45, 2.75) is 32.6 Å². The Balaban J connectivity index is 2.48. The Morgan fingerprint density at radius 2 is 1.94 bits per heavy atom. The lowest BCUT2D eigenvalue weighted by molar-refractivity contribution is -0.141. The van der Waals surface area contributed by atoms with Crippen LogP contribution in [0, 0.1) is 5.92 Å². The first kappa shape index (κ1) is 14.0. The van der Waals surface area contributed by atoms with Gasteiger partial charge in [-0.1, -0.05) is 13.3 Å². The SMILES string of the molecule is CCCC(CCC(=O)O)C(=O)N1CCOCC1. The van der Waals surface area contributed by atoms with Gasteiger partial charge in [0, 0.05) is 25.4 Å². The number of carbonyl (C=O) groups excluding carboxylic acids is 1. The number of morpholine rings is 1. The Kier molecular flexibility index (Phi) is 5.97. The van der Waals surface area contributed by atoms with Crippen LogP contribution in [0.1, 0.15) is 32.6 Å². The van der Waals surface area contributed by atoms with Crippen molar-refractivity contribution in [3.8, 4) is 0 Å². The van der Waals surface area contributed by atoms with Crippen molar-refractivity contribution in [3.05, 3.63) is 0 Å². The van der Waals surface area contributed by atoms with Gasteiger partial charge in [-0.05, 0) is 12.8 Å². The molecule has 1 amide bonds. The molecule has 1 aliphatic heterocycles. The Labute approximate surface area is 102 Å². The number of aliphatic carboxylic acids is 1. The molecule has 1 saturated heterocycles. The fourth-order valence-corrected chi connectivity index (χ4v) is 2.08. The topological polar surface area (TPSA) is 66.8 Å². The van der Waals surface area contributed by atoms with Crippen LogP contribution >= 0.6 is 0 Å². The normalized spacial score (nSPS) is 17.8. The molecule has 1 fully saturated rings. The fourth-order valence-electron chi connectivity index (χ4n) is 2.08. The van der Waals surface area contributed by atoms with E-state index in [9.17, 15) is 9.59 Å². The molecule has 5 nitrogen and oxygen atoms in total. The Bertz CT molecular complexity index is 261. The number of hydrogen-bond acceptors (Lipinski definition) is 3. The van der Waals surface area contributed by atoms with Crippen LogP contribution in [-0.4, -0.2) is 48.2 Å². The average molecular weight is 243 g/mol. The van der Waals surface area contributed by atoms with E-state index in [1.54, 1.807) is 4.90 Å². The van der Waals surface area contributed by atoms with Gasteiger partial charge in [0.15, 0.2) is 0 Å². The summed E-state index contributed by atoms with van der Waals surface area (Å²) >= 11 is 0. The van der Waals surface area contributed by atoms with Crippen molar-refractivity contribution in [1.82, 2.24) is 4.90 Å². The summed E-state index contributed by atoms with van der Waals surface area (Å²) in [5.41, 5.74) is 0. The zero-order chi connectivity index (χ0) is 12.7. The highest BCUT2D eigenvalue weighted by Crippen LogP contribution is 2.17. The summed E-state index contributed by atoms with van der Waals surface area (Å²) in [7, 11) is 0. The Morgan fingerprint density at radius 1 is 1.29 bits per heavy atom. The molecule has 98 valence electrons. The van der Waals surface area contributed by atoms with Gasteiger partial charge in [0.2, 0.25) is 5.91 Å². The van der Waals surface area contributed by atoms with E-state index in [-0.39, 0.29) is 18.2 Å². The molecular weight excluding hydrogens is 222 g/mol. The second-order valence-electron chi connectivity index (χ2n) is 4.36. The summed E-state index contributed by atoms with van der Waals surface area (Å²) in [4.78, 5) is 24.5. The second kappa shape index (κ2) is 7.27. The minimum atomic E-state index is -0.833. The summed E-state index contributed by atoms with van der Waals surface area (Å²) in [6.45, 7) is 4.45. The third-order valence-electron chi connectivity index (χ3n) is 3.02. The fraction of sp³-hybridized carbons (Fsp3) is 0.833. The van der Waals surface area contributed by atoms with Gasteiger partial charge in [-0.3, -0.25) is 9.59 Å². The third kappa shape index (κ3) is 4.73. The van der Waals surface area contributed by atoms with E-state index in [0.29, 0.717) is 32.7 Å². The van der Waals surface area contributed by atoms with Gasteiger partial charge >= 0.3 is 5.97 Å². The highest BCUT2D eigenvalue weighted by atomic mass is 16.5. The minimum Gasteiger partial charge on any atom is -0.481 e. The van der Waals surface area contributed by atoms with Crippen LogP contribution in [0.15, 0.2) is 0 Å². The average Bonchev–Trinajstić information content (AvgIpc) is 2.34. The number of amides is 1. The standard InChI is InChI=1S/C12H21NO4/c1-2-3-10(4-5-11(14)15)12(16)13-6-8-17-9-7-13/h10H,2-9H2,1H3,(H,14,15). The highest BCUT2D eigenvalue weighted by molar-refractivity contribution is 5.79. The lowest BCUT2D eigenvalue weighted by Gasteiger charge is -2.30. The number of rotatable bonds is 6.